The van der Waals surface area contributed by atoms with Gasteiger partial charge < -0.3 is 5.32 Å². The number of carbonyl (C=O) groups is 2. The first-order valence-corrected chi connectivity index (χ1v) is 6.73. The molecule has 1 aliphatic heterocycles. The lowest BCUT2D eigenvalue weighted by Crippen LogP contribution is -2.19. The second-order valence-electron chi connectivity index (χ2n) is 4.49. The highest BCUT2D eigenvalue weighted by molar-refractivity contribution is 9.10. The van der Waals surface area contributed by atoms with Crippen molar-refractivity contribution in [2.45, 2.75) is 6.92 Å². The SMILES string of the molecule is Cc1cc(Nc2ccc3c(c2)C(=O)NC3=O)ncc1Br. The highest BCUT2D eigenvalue weighted by atomic mass is 79.9. The van der Waals surface area contributed by atoms with E-state index in [1.165, 1.54) is 0 Å². The largest absolute Gasteiger partial charge is 0.340 e. The van der Waals surface area contributed by atoms with Crippen molar-refractivity contribution in [2.24, 2.45) is 0 Å². The van der Waals surface area contributed by atoms with Gasteiger partial charge in [-0.3, -0.25) is 14.9 Å². The van der Waals surface area contributed by atoms with E-state index in [1.807, 2.05) is 13.0 Å². The van der Waals surface area contributed by atoms with Crippen molar-refractivity contribution >= 4 is 39.2 Å². The lowest BCUT2D eigenvalue weighted by atomic mass is 10.1. The number of benzene rings is 1. The molecule has 2 N–H and O–H groups in total. The molecule has 2 amide bonds. The number of hydrogen-bond donors (Lipinski definition) is 2. The van der Waals surface area contributed by atoms with Crippen molar-refractivity contribution < 1.29 is 9.59 Å². The second kappa shape index (κ2) is 4.72. The summed E-state index contributed by atoms with van der Waals surface area (Å²) in [6.07, 6.45) is 1.71. The number of aromatic nitrogens is 1. The van der Waals surface area contributed by atoms with Gasteiger partial charge in [-0.2, -0.15) is 0 Å². The summed E-state index contributed by atoms with van der Waals surface area (Å²) >= 11 is 3.39. The van der Waals surface area contributed by atoms with Crippen molar-refractivity contribution in [1.29, 1.82) is 0 Å². The molecule has 1 aromatic heterocycles. The van der Waals surface area contributed by atoms with E-state index in [2.05, 4.69) is 31.5 Å². The molecule has 20 heavy (non-hydrogen) atoms. The Bertz CT molecular complexity index is 743. The molecule has 0 bridgehead atoms. The molecule has 100 valence electrons. The highest BCUT2D eigenvalue weighted by Crippen LogP contribution is 2.24. The van der Waals surface area contributed by atoms with E-state index in [0.717, 1.165) is 10.0 Å². The van der Waals surface area contributed by atoms with E-state index in [0.29, 0.717) is 22.6 Å². The van der Waals surface area contributed by atoms with Crippen LogP contribution < -0.4 is 10.6 Å². The molecule has 6 heteroatoms. The molecule has 0 saturated carbocycles. The molecule has 0 fully saturated rings. The molecule has 1 aromatic carbocycles. The maximum Gasteiger partial charge on any atom is 0.259 e. The van der Waals surface area contributed by atoms with Gasteiger partial charge in [0.05, 0.1) is 11.1 Å². The van der Waals surface area contributed by atoms with Crippen molar-refractivity contribution in [1.82, 2.24) is 10.3 Å². The minimum absolute atomic E-state index is 0.353. The maximum absolute atomic E-state index is 11.6. The van der Waals surface area contributed by atoms with Gasteiger partial charge in [0, 0.05) is 16.4 Å². The zero-order chi connectivity index (χ0) is 14.3. The Morgan fingerprint density at radius 1 is 1.15 bits per heavy atom. The number of fused-ring (bicyclic) bond motifs is 1. The summed E-state index contributed by atoms with van der Waals surface area (Å²) in [6.45, 7) is 1.96. The summed E-state index contributed by atoms with van der Waals surface area (Å²) in [5, 5.41) is 5.38. The molecule has 0 saturated heterocycles. The first-order valence-electron chi connectivity index (χ1n) is 5.93. The number of anilines is 2. The van der Waals surface area contributed by atoms with Crippen molar-refractivity contribution in [3.63, 3.8) is 0 Å². The van der Waals surface area contributed by atoms with Crippen LogP contribution in [-0.4, -0.2) is 16.8 Å². The predicted octanol–water partition coefficient (Wildman–Crippen LogP) is 2.78. The van der Waals surface area contributed by atoms with E-state index >= 15 is 0 Å². The van der Waals surface area contributed by atoms with Crippen LogP contribution in [0.25, 0.3) is 0 Å². The number of hydrogen-bond acceptors (Lipinski definition) is 4. The summed E-state index contributed by atoms with van der Waals surface area (Å²) in [7, 11) is 0. The van der Waals surface area contributed by atoms with Gasteiger partial charge in [-0.25, -0.2) is 4.98 Å². The van der Waals surface area contributed by atoms with Crippen LogP contribution in [0.2, 0.25) is 0 Å². The van der Waals surface area contributed by atoms with Crippen LogP contribution in [0, 0.1) is 6.92 Å². The number of carbonyl (C=O) groups excluding carboxylic acids is 2. The number of pyridine rings is 1. The van der Waals surface area contributed by atoms with Gasteiger partial charge in [-0.05, 0) is 52.7 Å². The third-order valence-corrected chi connectivity index (χ3v) is 3.89. The Morgan fingerprint density at radius 3 is 2.65 bits per heavy atom. The second-order valence-corrected chi connectivity index (χ2v) is 5.34. The molecule has 0 atom stereocenters. The quantitative estimate of drug-likeness (QED) is 0.830. The zero-order valence-electron chi connectivity index (χ0n) is 10.5. The van der Waals surface area contributed by atoms with Gasteiger partial charge in [-0.1, -0.05) is 0 Å². The van der Waals surface area contributed by atoms with Gasteiger partial charge in [0.1, 0.15) is 5.82 Å². The first kappa shape index (κ1) is 12.8. The Morgan fingerprint density at radius 2 is 1.90 bits per heavy atom. The fraction of sp³-hybridized carbons (Fsp3) is 0.0714. The number of imide groups is 1. The number of halogens is 1. The molecule has 2 aromatic rings. The van der Waals surface area contributed by atoms with E-state index in [1.54, 1.807) is 24.4 Å². The summed E-state index contributed by atoms with van der Waals surface area (Å²) in [6, 6.07) is 6.91. The maximum atomic E-state index is 11.6. The molecule has 5 nitrogen and oxygen atoms in total. The standard InChI is InChI=1S/C14H10BrN3O2/c1-7-4-12(16-6-11(7)15)17-8-2-3-9-10(5-8)14(20)18-13(9)19/h2-6H,1H3,(H,16,17)(H,18,19,20). The Hall–Kier alpha value is -2.21. The van der Waals surface area contributed by atoms with E-state index in [4.69, 9.17) is 0 Å². The topological polar surface area (TPSA) is 71.1 Å². The molecule has 0 unspecified atom stereocenters. The van der Waals surface area contributed by atoms with Gasteiger partial charge in [0.15, 0.2) is 0 Å². The number of nitrogens with one attached hydrogen (secondary N) is 2. The minimum Gasteiger partial charge on any atom is -0.340 e. The van der Waals surface area contributed by atoms with E-state index in [9.17, 15) is 9.59 Å². The molecule has 2 heterocycles. The normalized spacial score (nSPS) is 13.1. The number of rotatable bonds is 2. The average Bonchev–Trinajstić information content (AvgIpc) is 2.69. The lowest BCUT2D eigenvalue weighted by molar-refractivity contribution is 0.0879. The van der Waals surface area contributed by atoms with Crippen LogP contribution in [0.3, 0.4) is 0 Å². The Balaban J connectivity index is 1.92. The summed E-state index contributed by atoms with van der Waals surface area (Å²) in [5.74, 6) is -0.0434. The molecule has 1 aliphatic rings. The van der Waals surface area contributed by atoms with Crippen LogP contribution in [-0.2, 0) is 0 Å². The van der Waals surface area contributed by atoms with Crippen LogP contribution in [0.5, 0.6) is 0 Å². The minimum atomic E-state index is -0.367. The van der Waals surface area contributed by atoms with Crippen LogP contribution in [0.1, 0.15) is 26.3 Å². The third kappa shape index (κ3) is 2.18. The highest BCUT2D eigenvalue weighted by Gasteiger charge is 2.26. The van der Waals surface area contributed by atoms with Gasteiger partial charge in [0.25, 0.3) is 11.8 Å². The zero-order valence-corrected chi connectivity index (χ0v) is 12.1. The molecular weight excluding hydrogens is 322 g/mol. The van der Waals surface area contributed by atoms with E-state index in [-0.39, 0.29) is 11.8 Å². The van der Waals surface area contributed by atoms with Gasteiger partial charge >= 0.3 is 0 Å². The summed E-state index contributed by atoms with van der Waals surface area (Å²) in [5.41, 5.74) is 2.55. The van der Waals surface area contributed by atoms with Crippen LogP contribution in [0.4, 0.5) is 11.5 Å². The van der Waals surface area contributed by atoms with Crippen LogP contribution in [0.15, 0.2) is 34.9 Å². The number of amides is 2. The van der Waals surface area contributed by atoms with E-state index < -0.39 is 0 Å². The lowest BCUT2D eigenvalue weighted by Gasteiger charge is -2.08. The van der Waals surface area contributed by atoms with Crippen LogP contribution >= 0.6 is 15.9 Å². The van der Waals surface area contributed by atoms with Crippen molar-refractivity contribution in [3.05, 3.63) is 51.6 Å². The third-order valence-electron chi connectivity index (χ3n) is 3.06. The fourth-order valence-corrected chi connectivity index (χ4v) is 2.22. The van der Waals surface area contributed by atoms with Gasteiger partial charge in [0.2, 0.25) is 0 Å². The first-order chi connectivity index (χ1) is 9.54. The Kier molecular flexibility index (Phi) is 3.02. The molecule has 3 rings (SSSR count). The smallest absolute Gasteiger partial charge is 0.259 e. The van der Waals surface area contributed by atoms with Crippen molar-refractivity contribution in [3.8, 4) is 0 Å². The Labute approximate surface area is 123 Å². The fourth-order valence-electron chi connectivity index (χ4n) is 2.00. The van der Waals surface area contributed by atoms with Gasteiger partial charge in [-0.15, -0.1) is 0 Å². The monoisotopic (exact) mass is 331 g/mol. The predicted molar refractivity (Wildman–Crippen MR) is 78.2 cm³/mol. The number of aryl methyl sites for hydroxylation is 1. The molecular formula is C14H10BrN3O2. The summed E-state index contributed by atoms with van der Waals surface area (Å²) < 4.78 is 0.932. The molecule has 0 spiro atoms. The number of nitrogens with zero attached hydrogens (tertiary/aromatic N) is 1. The summed E-state index contributed by atoms with van der Waals surface area (Å²) in [4.78, 5) is 27.3. The molecule has 0 radical (unpaired) electrons. The van der Waals surface area contributed by atoms with Crippen molar-refractivity contribution in [2.75, 3.05) is 5.32 Å². The molecule has 0 aliphatic carbocycles. The average molecular weight is 332 g/mol.